The molecule has 1 fully saturated rings. The molecule has 1 aromatic heterocycles. The Kier molecular flexibility index (Phi) is 6.65. The van der Waals surface area contributed by atoms with Crippen LogP contribution in [-0.2, 0) is 16.1 Å². The van der Waals surface area contributed by atoms with Crippen molar-refractivity contribution in [3.05, 3.63) is 45.0 Å². The lowest BCUT2D eigenvalue weighted by Gasteiger charge is -2.28. The van der Waals surface area contributed by atoms with Gasteiger partial charge in [0.2, 0.25) is 5.91 Å². The number of ether oxygens (including phenoxy) is 1. The summed E-state index contributed by atoms with van der Waals surface area (Å²) in [4.78, 5) is 28.2. The molecule has 1 aromatic carbocycles. The zero-order valence-corrected chi connectivity index (χ0v) is 16.6. The van der Waals surface area contributed by atoms with Crippen LogP contribution in [0.25, 0.3) is 0 Å². The Labute approximate surface area is 163 Å². The van der Waals surface area contributed by atoms with E-state index >= 15 is 0 Å². The van der Waals surface area contributed by atoms with Gasteiger partial charge in [0.25, 0.3) is 0 Å². The Balaban J connectivity index is 1.46. The van der Waals surface area contributed by atoms with Crippen LogP contribution in [0, 0.1) is 6.92 Å². The fraction of sp³-hybridized carbons (Fsp3) is 0.474. The number of aromatic nitrogens is 1. The summed E-state index contributed by atoms with van der Waals surface area (Å²) in [5.74, 6) is -0.0639. The Hall–Kier alpha value is -2.16. The summed E-state index contributed by atoms with van der Waals surface area (Å²) in [6.07, 6.45) is 0. The number of carbonyl (C=O) groups excluding carboxylic acids is 1. The topological polar surface area (TPSA) is 66.8 Å². The van der Waals surface area contributed by atoms with Gasteiger partial charge in [-0.05, 0) is 38.2 Å². The fourth-order valence-corrected chi connectivity index (χ4v) is 3.81. The van der Waals surface area contributed by atoms with Crippen molar-refractivity contribution in [2.75, 3.05) is 56.7 Å². The van der Waals surface area contributed by atoms with Crippen LogP contribution < -0.4 is 15.1 Å². The first-order valence-corrected chi connectivity index (χ1v) is 9.97. The van der Waals surface area contributed by atoms with Crippen LogP contribution in [0.4, 0.5) is 11.4 Å². The largest absolute Gasteiger partial charge is 0.378 e. The monoisotopic (exact) mass is 390 g/mol. The second kappa shape index (κ2) is 9.16. The molecule has 27 heavy (non-hydrogen) atoms. The maximum atomic E-state index is 12.3. The number of likely N-dealkylation sites (N-methyl/N-ethyl adjacent to an activating group) is 1. The molecule has 0 unspecified atom stereocenters. The zero-order chi connectivity index (χ0) is 19.2. The van der Waals surface area contributed by atoms with E-state index in [1.165, 1.54) is 11.3 Å². The first kappa shape index (κ1) is 19.6. The number of thiazole rings is 1. The van der Waals surface area contributed by atoms with Crippen molar-refractivity contribution in [2.24, 2.45) is 0 Å². The van der Waals surface area contributed by atoms with Gasteiger partial charge >= 0.3 is 4.87 Å². The number of nitrogens with one attached hydrogen (secondary N) is 1. The highest BCUT2D eigenvalue weighted by Crippen LogP contribution is 2.19. The third kappa shape index (κ3) is 5.41. The molecule has 1 N–H and O–H groups in total. The van der Waals surface area contributed by atoms with Gasteiger partial charge in [-0.3, -0.25) is 14.5 Å². The number of nitrogens with zero attached hydrogens (tertiary/aromatic N) is 3. The van der Waals surface area contributed by atoms with Crippen molar-refractivity contribution in [3.8, 4) is 0 Å². The highest BCUT2D eigenvalue weighted by atomic mass is 32.1. The Bertz CT molecular complexity index is 809. The third-order valence-corrected chi connectivity index (χ3v) is 5.50. The number of hydrogen-bond donors (Lipinski definition) is 1. The van der Waals surface area contributed by atoms with E-state index in [-0.39, 0.29) is 17.3 Å². The number of aryl methyl sites for hydroxylation is 1. The van der Waals surface area contributed by atoms with E-state index in [1.54, 1.807) is 4.57 Å². The van der Waals surface area contributed by atoms with Gasteiger partial charge in [0.1, 0.15) is 0 Å². The molecule has 1 amide bonds. The first-order chi connectivity index (χ1) is 13.0. The molecule has 1 saturated heterocycles. The molecule has 2 aromatic rings. The molecule has 146 valence electrons. The molecule has 0 saturated carbocycles. The molecule has 0 spiro atoms. The van der Waals surface area contributed by atoms with Gasteiger partial charge in [-0.25, -0.2) is 0 Å². The molecule has 7 nitrogen and oxygen atoms in total. The molecule has 0 atom stereocenters. The lowest BCUT2D eigenvalue weighted by molar-refractivity contribution is -0.117. The fourth-order valence-electron chi connectivity index (χ4n) is 3.05. The van der Waals surface area contributed by atoms with Crippen molar-refractivity contribution in [2.45, 2.75) is 13.5 Å². The Morgan fingerprint density at radius 2 is 1.96 bits per heavy atom. The molecule has 1 aliphatic rings. The molecule has 0 radical (unpaired) electrons. The van der Waals surface area contributed by atoms with Crippen LogP contribution in [-0.4, -0.2) is 61.8 Å². The lowest BCUT2D eigenvalue weighted by atomic mass is 10.2. The van der Waals surface area contributed by atoms with E-state index in [2.05, 4.69) is 10.2 Å². The molecule has 3 rings (SSSR count). The molecule has 0 bridgehead atoms. The van der Waals surface area contributed by atoms with E-state index in [1.807, 2.05) is 48.5 Å². The van der Waals surface area contributed by atoms with Gasteiger partial charge in [0.15, 0.2) is 0 Å². The summed E-state index contributed by atoms with van der Waals surface area (Å²) in [7, 11) is 1.88. The number of anilines is 2. The van der Waals surface area contributed by atoms with Crippen LogP contribution >= 0.6 is 11.3 Å². The van der Waals surface area contributed by atoms with Crippen molar-refractivity contribution in [1.82, 2.24) is 9.47 Å². The molecule has 2 heterocycles. The molecule has 8 heteroatoms. The van der Waals surface area contributed by atoms with Crippen molar-refractivity contribution in [3.63, 3.8) is 0 Å². The summed E-state index contributed by atoms with van der Waals surface area (Å²) in [6, 6.07) is 7.90. The summed E-state index contributed by atoms with van der Waals surface area (Å²) < 4.78 is 7.11. The van der Waals surface area contributed by atoms with Crippen LogP contribution in [0.15, 0.2) is 34.4 Å². The van der Waals surface area contributed by atoms with Crippen molar-refractivity contribution in [1.29, 1.82) is 0 Å². The van der Waals surface area contributed by atoms with E-state index in [9.17, 15) is 9.59 Å². The van der Waals surface area contributed by atoms with Gasteiger partial charge in [-0.2, -0.15) is 0 Å². The Morgan fingerprint density at radius 1 is 1.26 bits per heavy atom. The van der Waals surface area contributed by atoms with Crippen LogP contribution in [0.2, 0.25) is 0 Å². The second-order valence-corrected chi connectivity index (χ2v) is 7.55. The normalized spacial score (nSPS) is 14.6. The summed E-state index contributed by atoms with van der Waals surface area (Å²) in [6.45, 7) is 6.72. The number of hydrogen-bond acceptors (Lipinski definition) is 6. The number of carbonyl (C=O) groups is 1. The average molecular weight is 391 g/mol. The van der Waals surface area contributed by atoms with E-state index in [4.69, 9.17) is 4.74 Å². The summed E-state index contributed by atoms with van der Waals surface area (Å²) in [5, 5.41) is 4.79. The van der Waals surface area contributed by atoms with E-state index in [0.29, 0.717) is 13.1 Å². The average Bonchev–Trinajstić information content (AvgIpc) is 2.99. The molecule has 0 aliphatic carbocycles. The first-order valence-electron chi connectivity index (χ1n) is 9.09. The van der Waals surface area contributed by atoms with Crippen molar-refractivity contribution < 1.29 is 9.53 Å². The van der Waals surface area contributed by atoms with Crippen LogP contribution in [0.1, 0.15) is 5.69 Å². The molecule has 1 aliphatic heterocycles. The van der Waals surface area contributed by atoms with Gasteiger partial charge in [-0.15, -0.1) is 0 Å². The predicted molar refractivity (Wildman–Crippen MR) is 109 cm³/mol. The maximum absolute atomic E-state index is 12.3. The predicted octanol–water partition coefficient (Wildman–Crippen LogP) is 1.63. The third-order valence-electron chi connectivity index (χ3n) is 4.62. The van der Waals surface area contributed by atoms with Gasteiger partial charge in [-0.1, -0.05) is 11.3 Å². The summed E-state index contributed by atoms with van der Waals surface area (Å²) in [5.41, 5.74) is 2.89. The highest BCUT2D eigenvalue weighted by Gasteiger charge is 2.12. The summed E-state index contributed by atoms with van der Waals surface area (Å²) >= 11 is 1.21. The van der Waals surface area contributed by atoms with Crippen LogP contribution in [0.5, 0.6) is 0 Å². The number of amides is 1. The smallest absolute Gasteiger partial charge is 0.307 e. The van der Waals surface area contributed by atoms with Crippen molar-refractivity contribution >= 4 is 28.6 Å². The molecular weight excluding hydrogens is 364 g/mol. The quantitative estimate of drug-likeness (QED) is 0.778. The van der Waals surface area contributed by atoms with Gasteiger partial charge < -0.3 is 19.5 Å². The maximum Gasteiger partial charge on any atom is 0.307 e. The SMILES string of the molecule is Cc1csc(=O)n1CCN(C)CC(=O)Nc1ccc(N2CCOCC2)cc1. The van der Waals surface area contributed by atoms with Gasteiger partial charge in [0, 0.05) is 48.6 Å². The minimum absolute atomic E-state index is 0.0470. The minimum Gasteiger partial charge on any atom is -0.378 e. The van der Waals surface area contributed by atoms with E-state index in [0.717, 1.165) is 43.4 Å². The number of morpholine rings is 1. The standard InChI is InChI=1S/C19H26N4O3S/c1-15-14-27-19(25)23(15)8-7-21(2)13-18(24)20-16-3-5-17(6-4-16)22-9-11-26-12-10-22/h3-6,14H,7-13H2,1-2H3,(H,20,24). The Morgan fingerprint density at radius 3 is 2.59 bits per heavy atom. The highest BCUT2D eigenvalue weighted by molar-refractivity contribution is 7.07. The number of benzene rings is 1. The molecular formula is C19H26N4O3S. The number of rotatable bonds is 7. The van der Waals surface area contributed by atoms with Gasteiger partial charge in [0.05, 0.1) is 19.8 Å². The van der Waals surface area contributed by atoms with Crippen LogP contribution in [0.3, 0.4) is 0 Å². The lowest BCUT2D eigenvalue weighted by Crippen LogP contribution is -2.36. The van der Waals surface area contributed by atoms with E-state index < -0.39 is 0 Å². The minimum atomic E-state index is -0.0639. The zero-order valence-electron chi connectivity index (χ0n) is 15.8. The second-order valence-electron chi connectivity index (χ2n) is 6.73.